The van der Waals surface area contributed by atoms with Crippen LogP contribution in [-0.2, 0) is 10.5 Å². The second-order valence-electron chi connectivity index (χ2n) is 3.37. The Labute approximate surface area is 109 Å². The fourth-order valence-corrected chi connectivity index (χ4v) is 1.98. The summed E-state index contributed by atoms with van der Waals surface area (Å²) in [7, 11) is 0. The first-order valence-corrected chi connectivity index (χ1v) is 6.45. The van der Waals surface area contributed by atoms with Gasteiger partial charge in [-0.3, -0.25) is 0 Å². The van der Waals surface area contributed by atoms with E-state index in [-0.39, 0.29) is 12.5 Å². The Morgan fingerprint density at radius 3 is 2.83 bits per heavy atom. The Balaban J connectivity index is 1.93. The number of esters is 1. The van der Waals surface area contributed by atoms with Gasteiger partial charge in [0.15, 0.2) is 0 Å². The Kier molecular flexibility index (Phi) is 4.35. The van der Waals surface area contributed by atoms with Crippen LogP contribution < -0.4 is 0 Å². The van der Waals surface area contributed by atoms with E-state index in [4.69, 9.17) is 9.15 Å². The van der Waals surface area contributed by atoms with Gasteiger partial charge < -0.3 is 9.15 Å². The number of carbonyl (C=O) groups excluding carboxylic acids is 1. The number of ether oxygens (including phenoxy) is 1. The number of thioether (sulfide) groups is 1. The summed E-state index contributed by atoms with van der Waals surface area (Å²) in [5, 5.41) is 7.78. The number of rotatable bonds is 5. The van der Waals surface area contributed by atoms with E-state index in [2.05, 4.69) is 10.2 Å². The van der Waals surface area contributed by atoms with E-state index in [1.807, 2.05) is 30.3 Å². The molecule has 0 aliphatic heterocycles. The maximum Gasteiger partial charge on any atom is 0.396 e. The van der Waals surface area contributed by atoms with Gasteiger partial charge in [-0.05, 0) is 12.5 Å². The average Bonchev–Trinajstić information content (AvgIpc) is 2.87. The van der Waals surface area contributed by atoms with Gasteiger partial charge in [0.25, 0.3) is 5.22 Å². The molecule has 0 aliphatic rings. The minimum absolute atomic E-state index is 0.104. The molecular formula is C12H12N2O3S. The van der Waals surface area contributed by atoms with Crippen LogP contribution >= 0.6 is 11.8 Å². The van der Waals surface area contributed by atoms with Crippen LogP contribution in [-0.4, -0.2) is 22.8 Å². The zero-order valence-corrected chi connectivity index (χ0v) is 10.6. The molecule has 94 valence electrons. The van der Waals surface area contributed by atoms with Crippen molar-refractivity contribution in [3.05, 3.63) is 41.8 Å². The lowest BCUT2D eigenvalue weighted by Crippen LogP contribution is -2.04. The van der Waals surface area contributed by atoms with Gasteiger partial charge in [-0.2, -0.15) is 0 Å². The fraction of sp³-hybridized carbons (Fsp3) is 0.250. The van der Waals surface area contributed by atoms with E-state index in [9.17, 15) is 4.79 Å². The lowest BCUT2D eigenvalue weighted by atomic mass is 10.2. The van der Waals surface area contributed by atoms with Crippen LogP contribution in [0, 0.1) is 0 Å². The van der Waals surface area contributed by atoms with Crippen molar-refractivity contribution in [3.8, 4) is 0 Å². The Bertz CT molecular complexity index is 513. The molecule has 0 saturated heterocycles. The molecule has 0 N–H and O–H groups in total. The van der Waals surface area contributed by atoms with E-state index >= 15 is 0 Å². The normalized spacial score (nSPS) is 10.3. The van der Waals surface area contributed by atoms with Gasteiger partial charge in [0.2, 0.25) is 0 Å². The minimum Gasteiger partial charge on any atom is -0.459 e. The van der Waals surface area contributed by atoms with Crippen molar-refractivity contribution in [3.63, 3.8) is 0 Å². The number of benzene rings is 1. The highest BCUT2D eigenvalue weighted by Gasteiger charge is 2.15. The lowest BCUT2D eigenvalue weighted by Gasteiger charge is -1.96. The molecule has 0 radical (unpaired) electrons. The van der Waals surface area contributed by atoms with Crippen molar-refractivity contribution in [2.75, 3.05) is 6.61 Å². The van der Waals surface area contributed by atoms with Crippen LogP contribution in [0.15, 0.2) is 40.0 Å². The van der Waals surface area contributed by atoms with Crippen LogP contribution in [0.3, 0.4) is 0 Å². The fourth-order valence-electron chi connectivity index (χ4n) is 1.26. The summed E-state index contributed by atoms with van der Waals surface area (Å²) < 4.78 is 9.95. The van der Waals surface area contributed by atoms with Gasteiger partial charge in [-0.25, -0.2) is 4.79 Å². The second-order valence-corrected chi connectivity index (χ2v) is 4.29. The molecule has 6 heteroatoms. The predicted molar refractivity (Wildman–Crippen MR) is 66.3 cm³/mol. The van der Waals surface area contributed by atoms with Gasteiger partial charge in [-0.1, -0.05) is 47.2 Å². The quantitative estimate of drug-likeness (QED) is 0.610. The molecule has 0 fully saturated rings. The van der Waals surface area contributed by atoms with E-state index in [1.54, 1.807) is 6.92 Å². The summed E-state index contributed by atoms with van der Waals surface area (Å²) >= 11 is 1.38. The lowest BCUT2D eigenvalue weighted by molar-refractivity contribution is 0.0475. The van der Waals surface area contributed by atoms with E-state index in [0.29, 0.717) is 11.0 Å². The second kappa shape index (κ2) is 6.20. The summed E-state index contributed by atoms with van der Waals surface area (Å²) in [5.74, 6) is 0.0228. The number of carbonyl (C=O) groups is 1. The van der Waals surface area contributed by atoms with Gasteiger partial charge >= 0.3 is 11.9 Å². The number of hydrogen-bond acceptors (Lipinski definition) is 6. The predicted octanol–water partition coefficient (Wildman–Crippen LogP) is 2.54. The van der Waals surface area contributed by atoms with Crippen molar-refractivity contribution >= 4 is 17.7 Å². The maximum absolute atomic E-state index is 11.3. The monoisotopic (exact) mass is 264 g/mol. The molecule has 0 saturated carbocycles. The van der Waals surface area contributed by atoms with E-state index in [0.717, 1.165) is 5.56 Å². The van der Waals surface area contributed by atoms with E-state index < -0.39 is 5.97 Å². The molecular weight excluding hydrogens is 252 g/mol. The molecule has 18 heavy (non-hydrogen) atoms. The summed E-state index contributed by atoms with van der Waals surface area (Å²) in [4.78, 5) is 11.3. The van der Waals surface area contributed by atoms with Gasteiger partial charge in [-0.15, -0.1) is 5.10 Å². The first-order valence-electron chi connectivity index (χ1n) is 5.47. The van der Waals surface area contributed by atoms with Crippen molar-refractivity contribution < 1.29 is 13.9 Å². The van der Waals surface area contributed by atoms with Crippen molar-refractivity contribution in [2.45, 2.75) is 17.9 Å². The Morgan fingerprint density at radius 1 is 1.33 bits per heavy atom. The number of aromatic nitrogens is 2. The third kappa shape index (κ3) is 3.33. The van der Waals surface area contributed by atoms with Crippen LogP contribution in [0.4, 0.5) is 0 Å². The summed E-state index contributed by atoms with van der Waals surface area (Å²) in [6.45, 7) is 2.01. The summed E-state index contributed by atoms with van der Waals surface area (Å²) in [6, 6.07) is 9.91. The highest BCUT2D eigenvalue weighted by molar-refractivity contribution is 7.98. The van der Waals surface area contributed by atoms with Crippen molar-refractivity contribution in [1.82, 2.24) is 10.2 Å². The van der Waals surface area contributed by atoms with Crippen molar-refractivity contribution in [1.29, 1.82) is 0 Å². The molecule has 5 nitrogen and oxygen atoms in total. The summed E-state index contributed by atoms with van der Waals surface area (Å²) in [6.07, 6.45) is 0. The molecule has 0 atom stereocenters. The SMILES string of the molecule is CCOC(=O)c1nnc(SCc2ccccc2)o1. The largest absolute Gasteiger partial charge is 0.459 e. The molecule has 1 heterocycles. The Hall–Kier alpha value is -1.82. The third-order valence-electron chi connectivity index (χ3n) is 2.06. The molecule has 1 aromatic heterocycles. The minimum atomic E-state index is -0.587. The molecule has 0 unspecified atom stereocenters. The molecule has 0 spiro atoms. The van der Waals surface area contributed by atoms with E-state index in [1.165, 1.54) is 11.8 Å². The molecule has 0 amide bonds. The topological polar surface area (TPSA) is 65.2 Å². The standard InChI is InChI=1S/C12H12N2O3S/c1-2-16-11(15)10-13-14-12(17-10)18-8-9-6-4-3-5-7-9/h3-7H,2,8H2,1H3. The molecule has 0 bridgehead atoms. The maximum atomic E-state index is 11.3. The summed E-state index contributed by atoms with van der Waals surface area (Å²) in [5.41, 5.74) is 1.15. The molecule has 2 rings (SSSR count). The van der Waals surface area contributed by atoms with Crippen LogP contribution in [0.5, 0.6) is 0 Å². The van der Waals surface area contributed by atoms with Crippen LogP contribution in [0.25, 0.3) is 0 Å². The highest BCUT2D eigenvalue weighted by Crippen LogP contribution is 2.21. The zero-order chi connectivity index (χ0) is 12.8. The first kappa shape index (κ1) is 12.6. The van der Waals surface area contributed by atoms with Gasteiger partial charge in [0.05, 0.1) is 6.61 Å². The van der Waals surface area contributed by atoms with Crippen LogP contribution in [0.1, 0.15) is 23.2 Å². The molecule has 0 aliphatic carbocycles. The highest BCUT2D eigenvalue weighted by atomic mass is 32.2. The number of nitrogens with zero attached hydrogens (tertiary/aromatic N) is 2. The van der Waals surface area contributed by atoms with Gasteiger partial charge in [0.1, 0.15) is 0 Å². The average molecular weight is 264 g/mol. The molecule has 1 aromatic carbocycles. The molecule has 2 aromatic rings. The smallest absolute Gasteiger partial charge is 0.396 e. The van der Waals surface area contributed by atoms with Crippen molar-refractivity contribution in [2.24, 2.45) is 0 Å². The zero-order valence-electron chi connectivity index (χ0n) is 9.83. The Morgan fingerprint density at radius 2 is 2.11 bits per heavy atom. The van der Waals surface area contributed by atoms with Gasteiger partial charge in [0, 0.05) is 5.75 Å². The van der Waals surface area contributed by atoms with Crippen LogP contribution in [0.2, 0.25) is 0 Å². The number of hydrogen-bond donors (Lipinski definition) is 0. The third-order valence-corrected chi connectivity index (χ3v) is 2.95. The first-order chi connectivity index (χ1) is 8.79.